The molecular weight excluding hydrogens is 350 g/mol. The zero-order chi connectivity index (χ0) is 18.4. The van der Waals surface area contributed by atoms with E-state index >= 15 is 0 Å². The van der Waals surface area contributed by atoms with Gasteiger partial charge in [0, 0.05) is 11.1 Å². The number of ether oxygens (including phenoxy) is 2. The molecule has 0 saturated carbocycles. The predicted octanol–water partition coefficient (Wildman–Crippen LogP) is 4.25. The molecule has 134 valence electrons. The van der Waals surface area contributed by atoms with Gasteiger partial charge in [0.15, 0.2) is 11.5 Å². The molecule has 0 saturated heterocycles. The van der Waals surface area contributed by atoms with Crippen molar-refractivity contribution in [3.8, 4) is 22.1 Å². The Morgan fingerprint density at radius 2 is 1.73 bits per heavy atom. The Kier molecular flexibility index (Phi) is 5.80. The van der Waals surface area contributed by atoms with Gasteiger partial charge in [0.05, 0.1) is 13.2 Å². The molecule has 7 heteroatoms. The van der Waals surface area contributed by atoms with Crippen molar-refractivity contribution in [3.05, 3.63) is 54.1 Å². The van der Waals surface area contributed by atoms with Gasteiger partial charge in [0.1, 0.15) is 5.01 Å². The highest BCUT2D eigenvalue weighted by Crippen LogP contribution is 2.30. The molecule has 3 aromatic rings. The van der Waals surface area contributed by atoms with Crippen molar-refractivity contribution in [2.24, 2.45) is 0 Å². The summed E-state index contributed by atoms with van der Waals surface area (Å²) in [6.45, 7) is 4.80. The number of amides is 1. The highest BCUT2D eigenvalue weighted by atomic mass is 32.1. The summed E-state index contributed by atoms with van der Waals surface area (Å²) in [7, 11) is 0. The fraction of sp³-hybridized carbons (Fsp3) is 0.211. The molecule has 0 unspecified atom stereocenters. The molecule has 0 fully saturated rings. The van der Waals surface area contributed by atoms with Crippen molar-refractivity contribution in [2.75, 3.05) is 18.5 Å². The molecule has 6 nitrogen and oxygen atoms in total. The van der Waals surface area contributed by atoms with Crippen LogP contribution in [0.4, 0.5) is 5.13 Å². The predicted molar refractivity (Wildman–Crippen MR) is 102 cm³/mol. The van der Waals surface area contributed by atoms with Crippen molar-refractivity contribution in [3.63, 3.8) is 0 Å². The van der Waals surface area contributed by atoms with E-state index in [2.05, 4.69) is 15.5 Å². The van der Waals surface area contributed by atoms with Gasteiger partial charge in [-0.25, -0.2) is 0 Å². The Bertz CT molecular complexity index is 881. The van der Waals surface area contributed by atoms with Gasteiger partial charge >= 0.3 is 0 Å². The molecule has 2 aromatic carbocycles. The van der Waals surface area contributed by atoms with Gasteiger partial charge in [-0.05, 0) is 32.0 Å². The van der Waals surface area contributed by atoms with Crippen LogP contribution in [-0.4, -0.2) is 29.3 Å². The highest BCUT2D eigenvalue weighted by molar-refractivity contribution is 7.18. The van der Waals surface area contributed by atoms with Crippen LogP contribution < -0.4 is 14.8 Å². The van der Waals surface area contributed by atoms with Gasteiger partial charge in [-0.15, -0.1) is 10.2 Å². The first-order valence-corrected chi connectivity index (χ1v) is 9.12. The van der Waals surface area contributed by atoms with E-state index in [1.807, 2.05) is 44.2 Å². The van der Waals surface area contributed by atoms with E-state index in [0.717, 1.165) is 10.6 Å². The standard InChI is InChI=1S/C19H19N3O3S/c1-3-24-15-11-10-14(12-16(15)25-4-2)17(23)20-19-22-21-18(26-19)13-8-6-5-7-9-13/h5-12H,3-4H2,1-2H3,(H,20,22,23). The SMILES string of the molecule is CCOc1ccc(C(=O)Nc2nnc(-c3ccccc3)s2)cc1OCC. The van der Waals surface area contributed by atoms with E-state index in [1.54, 1.807) is 18.2 Å². The third-order valence-corrected chi connectivity index (χ3v) is 4.36. The Hall–Kier alpha value is -2.93. The summed E-state index contributed by atoms with van der Waals surface area (Å²) in [4.78, 5) is 12.5. The molecule has 1 heterocycles. The largest absolute Gasteiger partial charge is 0.490 e. The molecule has 0 aliphatic carbocycles. The average molecular weight is 369 g/mol. The Morgan fingerprint density at radius 3 is 2.46 bits per heavy atom. The second kappa shape index (κ2) is 8.44. The molecule has 0 aliphatic rings. The van der Waals surface area contributed by atoms with Gasteiger partial charge < -0.3 is 9.47 Å². The molecule has 0 aliphatic heterocycles. The van der Waals surface area contributed by atoms with Crippen molar-refractivity contribution >= 4 is 22.4 Å². The third-order valence-electron chi connectivity index (χ3n) is 3.47. The number of nitrogens with one attached hydrogen (secondary N) is 1. The number of hydrogen-bond acceptors (Lipinski definition) is 6. The van der Waals surface area contributed by atoms with Crippen LogP contribution >= 0.6 is 11.3 Å². The molecular formula is C19H19N3O3S. The van der Waals surface area contributed by atoms with Crippen LogP contribution in [0.5, 0.6) is 11.5 Å². The van der Waals surface area contributed by atoms with Crippen LogP contribution in [0, 0.1) is 0 Å². The van der Waals surface area contributed by atoms with Gasteiger partial charge in [-0.3, -0.25) is 10.1 Å². The number of hydrogen-bond donors (Lipinski definition) is 1. The van der Waals surface area contributed by atoms with Crippen molar-refractivity contribution in [1.29, 1.82) is 0 Å². The van der Waals surface area contributed by atoms with Gasteiger partial charge in [-0.2, -0.15) is 0 Å². The average Bonchev–Trinajstić information content (AvgIpc) is 3.13. The summed E-state index contributed by atoms with van der Waals surface area (Å²) < 4.78 is 11.1. The fourth-order valence-electron chi connectivity index (χ4n) is 2.33. The number of aromatic nitrogens is 2. The maximum Gasteiger partial charge on any atom is 0.257 e. The van der Waals surface area contributed by atoms with E-state index in [1.165, 1.54) is 11.3 Å². The molecule has 3 rings (SSSR count). The lowest BCUT2D eigenvalue weighted by atomic mass is 10.2. The van der Waals surface area contributed by atoms with E-state index in [-0.39, 0.29) is 5.91 Å². The van der Waals surface area contributed by atoms with Gasteiger partial charge in [-0.1, -0.05) is 41.7 Å². The molecule has 1 N–H and O–H groups in total. The Morgan fingerprint density at radius 1 is 1.00 bits per heavy atom. The number of rotatable bonds is 7. The number of anilines is 1. The molecule has 1 aromatic heterocycles. The Balaban J connectivity index is 1.76. The monoisotopic (exact) mass is 369 g/mol. The third kappa shape index (κ3) is 4.18. The fourth-order valence-corrected chi connectivity index (χ4v) is 3.08. The maximum atomic E-state index is 12.5. The lowest BCUT2D eigenvalue weighted by Crippen LogP contribution is -2.12. The number of carbonyl (C=O) groups excluding carboxylic acids is 1. The lowest BCUT2D eigenvalue weighted by molar-refractivity contribution is 0.102. The summed E-state index contributed by atoms with van der Waals surface area (Å²) in [5.41, 5.74) is 1.43. The molecule has 26 heavy (non-hydrogen) atoms. The molecule has 1 amide bonds. The van der Waals surface area contributed by atoms with E-state index in [9.17, 15) is 4.79 Å². The van der Waals surface area contributed by atoms with Crippen LogP contribution in [-0.2, 0) is 0 Å². The zero-order valence-electron chi connectivity index (χ0n) is 14.6. The first kappa shape index (κ1) is 17.9. The van der Waals surface area contributed by atoms with Crippen LogP contribution in [0.15, 0.2) is 48.5 Å². The van der Waals surface area contributed by atoms with Crippen LogP contribution in [0.3, 0.4) is 0 Å². The zero-order valence-corrected chi connectivity index (χ0v) is 15.4. The topological polar surface area (TPSA) is 73.3 Å². The second-order valence-electron chi connectivity index (χ2n) is 5.26. The van der Waals surface area contributed by atoms with Gasteiger partial charge in [0.25, 0.3) is 5.91 Å². The minimum atomic E-state index is -0.273. The highest BCUT2D eigenvalue weighted by Gasteiger charge is 2.14. The first-order chi connectivity index (χ1) is 12.7. The molecule has 0 bridgehead atoms. The second-order valence-corrected chi connectivity index (χ2v) is 6.24. The normalized spacial score (nSPS) is 10.4. The maximum absolute atomic E-state index is 12.5. The van der Waals surface area contributed by atoms with Crippen LogP contribution in [0.1, 0.15) is 24.2 Å². The summed E-state index contributed by atoms with van der Waals surface area (Å²) >= 11 is 1.32. The summed E-state index contributed by atoms with van der Waals surface area (Å²) in [6, 6.07) is 14.8. The first-order valence-electron chi connectivity index (χ1n) is 8.31. The summed E-state index contributed by atoms with van der Waals surface area (Å²) in [5, 5.41) is 12.1. The van der Waals surface area contributed by atoms with Crippen molar-refractivity contribution in [1.82, 2.24) is 10.2 Å². The van der Waals surface area contributed by atoms with Crippen LogP contribution in [0.2, 0.25) is 0 Å². The number of carbonyl (C=O) groups is 1. The van der Waals surface area contributed by atoms with E-state index in [0.29, 0.717) is 35.4 Å². The van der Waals surface area contributed by atoms with Crippen molar-refractivity contribution in [2.45, 2.75) is 13.8 Å². The van der Waals surface area contributed by atoms with E-state index in [4.69, 9.17) is 9.47 Å². The molecule has 0 atom stereocenters. The number of nitrogens with zero attached hydrogens (tertiary/aromatic N) is 2. The van der Waals surface area contributed by atoms with Crippen molar-refractivity contribution < 1.29 is 14.3 Å². The quantitative estimate of drug-likeness (QED) is 0.674. The van der Waals surface area contributed by atoms with E-state index < -0.39 is 0 Å². The minimum absolute atomic E-state index is 0.273. The molecule has 0 spiro atoms. The summed E-state index contributed by atoms with van der Waals surface area (Å²) in [6.07, 6.45) is 0. The minimum Gasteiger partial charge on any atom is -0.490 e. The van der Waals surface area contributed by atoms with Crippen LogP contribution in [0.25, 0.3) is 10.6 Å². The lowest BCUT2D eigenvalue weighted by Gasteiger charge is -2.12. The van der Waals surface area contributed by atoms with Gasteiger partial charge in [0.2, 0.25) is 5.13 Å². The Labute approximate surface area is 155 Å². The number of benzene rings is 2. The smallest absolute Gasteiger partial charge is 0.257 e. The summed E-state index contributed by atoms with van der Waals surface area (Å²) in [5.74, 6) is 0.891. The molecule has 0 radical (unpaired) electrons.